The number of allylic oxidation sites excluding steroid dienone is 3. The van der Waals surface area contributed by atoms with E-state index < -0.39 is 28.7 Å². The van der Waals surface area contributed by atoms with E-state index in [2.05, 4.69) is 105 Å². The molecule has 0 aromatic heterocycles. The molecule has 3 nitrogen and oxygen atoms in total. The highest BCUT2D eigenvalue weighted by Crippen LogP contribution is 2.59. The zero-order valence-corrected chi connectivity index (χ0v) is 34.7. The molecule has 0 aromatic rings. The zero-order valence-electron chi connectivity index (χ0n) is 32.7. The summed E-state index contributed by atoms with van der Waals surface area (Å²) in [6.07, 6.45) is 9.18. The van der Waals surface area contributed by atoms with E-state index in [-0.39, 0.29) is 40.5 Å². The van der Waals surface area contributed by atoms with Gasteiger partial charge in [0, 0.05) is 13.0 Å². The molecule has 2 unspecified atom stereocenters. The van der Waals surface area contributed by atoms with Gasteiger partial charge in [0.2, 0.25) is 0 Å². The van der Waals surface area contributed by atoms with E-state index in [0.717, 1.165) is 31.4 Å². The van der Waals surface area contributed by atoms with Crippen molar-refractivity contribution in [1.29, 1.82) is 0 Å². The molecular formula is C40H70F3NO2Si2. The molecule has 6 atom stereocenters. The van der Waals surface area contributed by atoms with E-state index in [4.69, 9.17) is 8.85 Å². The Bertz CT molecular complexity index is 1200. The molecule has 8 heteroatoms. The molecule has 3 saturated carbocycles. The number of likely N-dealkylation sites (tertiary alicyclic amines) is 1. The Morgan fingerprint density at radius 1 is 0.917 bits per heavy atom. The maximum Gasteiger partial charge on any atom is 0.391 e. The summed E-state index contributed by atoms with van der Waals surface area (Å²) in [5.74, 6) is 0.538. The van der Waals surface area contributed by atoms with Crippen LogP contribution in [0.4, 0.5) is 13.2 Å². The first-order chi connectivity index (χ1) is 21.9. The Kier molecular flexibility index (Phi) is 12.0. The Morgan fingerprint density at radius 3 is 2.06 bits per heavy atom. The van der Waals surface area contributed by atoms with Crippen molar-refractivity contribution >= 4 is 16.6 Å². The second-order valence-electron chi connectivity index (χ2n) is 19.5. The first-order valence-corrected chi connectivity index (χ1v) is 24.9. The van der Waals surface area contributed by atoms with Gasteiger partial charge in [-0.3, -0.25) is 0 Å². The van der Waals surface area contributed by atoms with E-state index >= 15 is 0 Å². The van der Waals surface area contributed by atoms with Crippen LogP contribution < -0.4 is 0 Å². The van der Waals surface area contributed by atoms with Gasteiger partial charge in [-0.25, -0.2) is 0 Å². The number of hydrogen-bond acceptors (Lipinski definition) is 3. The first-order valence-electron chi connectivity index (χ1n) is 19.1. The van der Waals surface area contributed by atoms with Gasteiger partial charge in [-0.2, -0.15) is 13.2 Å². The second kappa shape index (κ2) is 14.4. The fraction of sp³-hybridized carbons (Fsp3) is 0.850. The molecule has 1 heterocycles. The fourth-order valence-corrected chi connectivity index (χ4v) is 11.6. The SMILES string of the molecule is C=C1/C(=C\C=C2/CCC[C@]3(C)[C@@H]([C@@H](C)CN4CCC(C(F)(F)F)CC4)CC[C@@H]23)CC(O[Si](C)(C)C(C)(C)C)CC1O[Si](C)(C)C(C)(C)C. The van der Waals surface area contributed by atoms with Gasteiger partial charge >= 0.3 is 6.18 Å². The van der Waals surface area contributed by atoms with Crippen molar-refractivity contribution in [2.24, 2.45) is 29.1 Å². The Morgan fingerprint density at radius 2 is 1.50 bits per heavy atom. The minimum Gasteiger partial charge on any atom is -0.413 e. The molecular weight excluding hydrogens is 640 g/mol. The third kappa shape index (κ3) is 8.85. The van der Waals surface area contributed by atoms with E-state index in [9.17, 15) is 13.2 Å². The molecule has 3 aliphatic carbocycles. The van der Waals surface area contributed by atoms with Crippen molar-refractivity contribution in [3.05, 3.63) is 35.5 Å². The molecule has 4 aliphatic rings. The molecule has 0 spiro atoms. The second-order valence-corrected chi connectivity index (χ2v) is 29.0. The van der Waals surface area contributed by atoms with Gasteiger partial charge in [0.15, 0.2) is 16.6 Å². The van der Waals surface area contributed by atoms with Crippen molar-refractivity contribution in [1.82, 2.24) is 4.90 Å². The minimum absolute atomic E-state index is 0.0198. The van der Waals surface area contributed by atoms with Crippen LogP contribution in [0.3, 0.4) is 0 Å². The van der Waals surface area contributed by atoms with Crippen molar-refractivity contribution in [2.45, 2.75) is 168 Å². The molecule has 276 valence electrons. The topological polar surface area (TPSA) is 21.7 Å². The maximum atomic E-state index is 13.3. The molecule has 48 heavy (non-hydrogen) atoms. The van der Waals surface area contributed by atoms with Crippen molar-refractivity contribution in [2.75, 3.05) is 19.6 Å². The summed E-state index contributed by atoms with van der Waals surface area (Å²) in [7, 11) is -3.99. The Hall–Kier alpha value is -0.676. The lowest BCUT2D eigenvalue weighted by Crippen LogP contribution is -2.49. The number of rotatable bonds is 8. The average molecular weight is 710 g/mol. The highest BCUT2D eigenvalue weighted by molar-refractivity contribution is 6.74. The lowest BCUT2D eigenvalue weighted by molar-refractivity contribution is -0.185. The number of nitrogens with zero attached hydrogens (tertiary/aromatic N) is 1. The Labute approximate surface area is 294 Å². The van der Waals surface area contributed by atoms with Gasteiger partial charge in [-0.1, -0.05) is 79.7 Å². The number of piperidine rings is 1. The summed E-state index contributed by atoms with van der Waals surface area (Å²) >= 11 is 0. The summed E-state index contributed by atoms with van der Waals surface area (Å²) in [5, 5.41) is 0.264. The monoisotopic (exact) mass is 709 g/mol. The number of hydrogen-bond donors (Lipinski definition) is 0. The largest absolute Gasteiger partial charge is 0.413 e. The summed E-state index contributed by atoms with van der Waals surface area (Å²) < 4.78 is 53.9. The van der Waals surface area contributed by atoms with Crippen molar-refractivity contribution in [3.8, 4) is 0 Å². The van der Waals surface area contributed by atoms with Crippen LogP contribution in [0.1, 0.15) is 113 Å². The highest BCUT2D eigenvalue weighted by Gasteiger charge is 2.51. The summed E-state index contributed by atoms with van der Waals surface area (Å²) in [6.45, 7) is 34.9. The quantitative estimate of drug-likeness (QED) is 0.234. The number of alkyl halides is 3. The predicted octanol–water partition coefficient (Wildman–Crippen LogP) is 12.1. The van der Waals surface area contributed by atoms with Gasteiger partial charge in [-0.05, 0) is 135 Å². The van der Waals surface area contributed by atoms with Crippen LogP contribution in [-0.2, 0) is 8.85 Å². The van der Waals surface area contributed by atoms with E-state index in [0.29, 0.717) is 30.8 Å². The van der Waals surface area contributed by atoms with Crippen LogP contribution in [0.5, 0.6) is 0 Å². The minimum atomic E-state index is -4.05. The first kappa shape index (κ1) is 40.1. The molecule has 0 N–H and O–H groups in total. The Balaban J connectivity index is 1.52. The summed E-state index contributed by atoms with van der Waals surface area (Å²) in [4.78, 5) is 2.31. The molecule has 1 saturated heterocycles. The zero-order chi connectivity index (χ0) is 36.1. The predicted molar refractivity (Wildman–Crippen MR) is 201 cm³/mol. The standard InChI is InChI=1S/C40H70F3NO2Si2/c1-28(27-44-23-20-32(21-24-44)40(41,42)43)34-18-19-35-30(15-14-22-39(34,35)9)16-17-31-25-33(45-47(10,11)37(3,4)5)26-36(29(31)2)46-48(12,13)38(6,7)8/h16-17,28,32-36H,2,14-15,18-27H2,1,3-13H3/b30-16+,31-17-/t28-,33?,34+,35-,36?,39+/m0/s1. The van der Waals surface area contributed by atoms with Crippen molar-refractivity contribution in [3.63, 3.8) is 0 Å². The third-order valence-corrected chi connectivity index (χ3v) is 23.1. The van der Waals surface area contributed by atoms with Crippen LogP contribution in [0.15, 0.2) is 35.5 Å². The summed E-state index contributed by atoms with van der Waals surface area (Å²) in [6, 6.07) is 0. The maximum absolute atomic E-state index is 13.3. The average Bonchev–Trinajstić information content (AvgIpc) is 3.30. The molecule has 0 radical (unpaired) electrons. The molecule has 0 amide bonds. The number of halogens is 3. The summed E-state index contributed by atoms with van der Waals surface area (Å²) in [5.41, 5.74) is 4.26. The molecule has 0 bridgehead atoms. The molecule has 4 fully saturated rings. The third-order valence-electron chi connectivity index (χ3n) is 14.1. The molecule has 1 aliphatic heterocycles. The van der Waals surface area contributed by atoms with Gasteiger partial charge in [0.25, 0.3) is 0 Å². The molecule has 0 aromatic carbocycles. The van der Waals surface area contributed by atoms with E-state index in [1.165, 1.54) is 31.3 Å². The van der Waals surface area contributed by atoms with Crippen LogP contribution in [0.2, 0.25) is 36.3 Å². The highest BCUT2D eigenvalue weighted by atomic mass is 28.4. The van der Waals surface area contributed by atoms with E-state index in [1.54, 1.807) is 5.57 Å². The van der Waals surface area contributed by atoms with Gasteiger partial charge < -0.3 is 13.8 Å². The van der Waals surface area contributed by atoms with E-state index in [1.807, 2.05) is 0 Å². The lowest BCUT2D eigenvalue weighted by atomic mass is 9.61. The normalized spacial score (nSPS) is 33.0. The molecule has 4 rings (SSSR count). The lowest BCUT2D eigenvalue weighted by Gasteiger charge is -2.46. The van der Waals surface area contributed by atoms with Crippen LogP contribution >= 0.6 is 0 Å². The number of fused-ring (bicyclic) bond motifs is 1. The fourth-order valence-electron chi connectivity index (χ4n) is 8.96. The van der Waals surface area contributed by atoms with Crippen molar-refractivity contribution < 1.29 is 22.0 Å². The van der Waals surface area contributed by atoms with Crippen LogP contribution in [0.25, 0.3) is 0 Å². The van der Waals surface area contributed by atoms with Gasteiger partial charge in [0.05, 0.1) is 18.1 Å². The van der Waals surface area contributed by atoms with Crippen LogP contribution in [0, 0.1) is 29.1 Å². The smallest absolute Gasteiger partial charge is 0.391 e. The van der Waals surface area contributed by atoms with Gasteiger partial charge in [0.1, 0.15) is 0 Å². The van der Waals surface area contributed by atoms with Gasteiger partial charge in [-0.15, -0.1) is 0 Å². The van der Waals surface area contributed by atoms with Crippen LogP contribution in [-0.4, -0.2) is 59.6 Å².